The lowest BCUT2D eigenvalue weighted by molar-refractivity contribution is -0.125. The maximum Gasteiger partial charge on any atom is 0.355 e. The summed E-state index contributed by atoms with van der Waals surface area (Å²) in [6.45, 7) is 3.87. The topological polar surface area (TPSA) is 80.4 Å². The second-order valence-corrected chi connectivity index (χ2v) is 7.37. The molecule has 1 unspecified atom stereocenters. The van der Waals surface area contributed by atoms with Gasteiger partial charge < -0.3 is 19.8 Å². The molecule has 0 saturated heterocycles. The van der Waals surface area contributed by atoms with Gasteiger partial charge in [-0.1, -0.05) is 44.2 Å². The van der Waals surface area contributed by atoms with Crippen molar-refractivity contribution < 1.29 is 19.1 Å². The summed E-state index contributed by atoms with van der Waals surface area (Å²) in [5.41, 5.74) is 2.09. The summed E-state index contributed by atoms with van der Waals surface area (Å²) in [6.07, 6.45) is 0.799. The molecule has 0 aliphatic heterocycles. The number of aromatic amines is 1. The molecule has 0 saturated carbocycles. The molecule has 152 valence electrons. The van der Waals surface area contributed by atoms with Crippen molar-refractivity contribution in [3.63, 3.8) is 0 Å². The Morgan fingerprint density at radius 1 is 1.07 bits per heavy atom. The zero-order chi connectivity index (χ0) is 20.8. The van der Waals surface area contributed by atoms with Crippen molar-refractivity contribution in [1.29, 1.82) is 0 Å². The number of nitrogens with one attached hydrogen (secondary N) is 2. The normalized spacial score (nSPS) is 12.0. The van der Waals surface area contributed by atoms with Gasteiger partial charge in [0, 0.05) is 17.0 Å². The van der Waals surface area contributed by atoms with Crippen molar-refractivity contribution in [2.24, 2.45) is 5.92 Å². The summed E-state index contributed by atoms with van der Waals surface area (Å²) in [7, 11) is 1.58. The lowest BCUT2D eigenvalue weighted by Crippen LogP contribution is -2.33. The van der Waals surface area contributed by atoms with Crippen LogP contribution >= 0.6 is 0 Å². The number of H-pyrrole nitrogens is 1. The number of methoxy groups -OCH3 is 1. The van der Waals surface area contributed by atoms with Gasteiger partial charge in [0.1, 0.15) is 11.4 Å². The van der Waals surface area contributed by atoms with Crippen LogP contribution in [0.4, 0.5) is 0 Å². The van der Waals surface area contributed by atoms with E-state index in [0.717, 1.165) is 22.9 Å². The highest BCUT2D eigenvalue weighted by Gasteiger charge is 2.18. The molecule has 0 radical (unpaired) electrons. The van der Waals surface area contributed by atoms with Crippen molar-refractivity contribution in [3.8, 4) is 5.75 Å². The van der Waals surface area contributed by atoms with Crippen LogP contribution in [0.3, 0.4) is 0 Å². The Hall–Kier alpha value is -3.28. The fourth-order valence-corrected chi connectivity index (χ4v) is 3.22. The largest absolute Gasteiger partial charge is 0.497 e. The molecule has 1 atom stereocenters. The third kappa shape index (κ3) is 5.38. The first-order chi connectivity index (χ1) is 14.0. The number of aromatic nitrogens is 1. The molecular formula is C23H26N2O4. The van der Waals surface area contributed by atoms with E-state index in [0.29, 0.717) is 17.4 Å². The van der Waals surface area contributed by atoms with E-state index in [1.807, 2.05) is 42.5 Å². The van der Waals surface area contributed by atoms with Gasteiger partial charge in [-0.15, -0.1) is 0 Å². The molecule has 1 amide bonds. The highest BCUT2D eigenvalue weighted by Crippen LogP contribution is 2.22. The molecule has 0 aliphatic rings. The van der Waals surface area contributed by atoms with Crippen molar-refractivity contribution >= 4 is 22.8 Å². The molecule has 1 heterocycles. The zero-order valence-electron chi connectivity index (χ0n) is 16.9. The van der Waals surface area contributed by atoms with Crippen LogP contribution in [-0.2, 0) is 9.53 Å². The molecule has 29 heavy (non-hydrogen) atoms. The van der Waals surface area contributed by atoms with Crippen LogP contribution in [0.2, 0.25) is 0 Å². The number of hydrogen-bond acceptors (Lipinski definition) is 4. The quantitative estimate of drug-likeness (QED) is 0.560. The molecule has 6 heteroatoms. The number of fused-ring (bicyclic) bond motifs is 1. The van der Waals surface area contributed by atoms with E-state index >= 15 is 0 Å². The van der Waals surface area contributed by atoms with Crippen LogP contribution in [0.25, 0.3) is 10.9 Å². The van der Waals surface area contributed by atoms with Crippen molar-refractivity contribution in [3.05, 3.63) is 65.9 Å². The highest BCUT2D eigenvalue weighted by molar-refractivity contribution is 5.96. The SMILES string of the molecule is COc1ccc2cc(C(=O)OCC(=O)NC(CC(C)C)c3ccccc3)[nH]c2c1. The molecule has 0 spiro atoms. The molecule has 6 nitrogen and oxygen atoms in total. The van der Waals surface area contributed by atoms with E-state index in [4.69, 9.17) is 9.47 Å². The summed E-state index contributed by atoms with van der Waals surface area (Å²) < 4.78 is 10.4. The number of benzene rings is 2. The smallest absolute Gasteiger partial charge is 0.355 e. The predicted octanol–water partition coefficient (Wildman–Crippen LogP) is 4.24. The predicted molar refractivity (Wildman–Crippen MR) is 112 cm³/mol. The van der Waals surface area contributed by atoms with Crippen molar-refractivity contribution in [2.45, 2.75) is 26.3 Å². The number of hydrogen-bond donors (Lipinski definition) is 2. The van der Waals surface area contributed by atoms with E-state index < -0.39 is 5.97 Å². The maximum atomic E-state index is 12.4. The first-order valence-corrected chi connectivity index (χ1v) is 9.64. The van der Waals surface area contributed by atoms with E-state index in [1.54, 1.807) is 19.2 Å². The van der Waals surface area contributed by atoms with Gasteiger partial charge in [0.05, 0.1) is 13.2 Å². The number of amides is 1. The number of esters is 1. The Bertz CT molecular complexity index is 979. The minimum atomic E-state index is -0.574. The second kappa shape index (κ2) is 9.28. The first-order valence-electron chi connectivity index (χ1n) is 9.64. The number of carbonyl (C=O) groups excluding carboxylic acids is 2. The van der Waals surface area contributed by atoms with Crippen LogP contribution in [0.15, 0.2) is 54.6 Å². The highest BCUT2D eigenvalue weighted by atomic mass is 16.5. The van der Waals surface area contributed by atoms with E-state index in [-0.39, 0.29) is 18.6 Å². The van der Waals surface area contributed by atoms with Gasteiger partial charge in [-0.3, -0.25) is 4.79 Å². The Labute approximate surface area is 170 Å². The Morgan fingerprint density at radius 3 is 2.52 bits per heavy atom. The summed E-state index contributed by atoms with van der Waals surface area (Å²) in [6, 6.07) is 16.8. The third-order valence-corrected chi connectivity index (χ3v) is 4.63. The molecule has 0 bridgehead atoms. The molecule has 3 aromatic rings. The first kappa shape index (κ1) is 20.5. The Kier molecular flexibility index (Phi) is 6.54. The molecule has 1 aromatic heterocycles. The Balaban J connectivity index is 1.61. The minimum Gasteiger partial charge on any atom is -0.497 e. The van der Waals surface area contributed by atoms with E-state index in [9.17, 15) is 9.59 Å². The second-order valence-electron chi connectivity index (χ2n) is 7.37. The summed E-state index contributed by atoms with van der Waals surface area (Å²) >= 11 is 0. The van der Waals surface area contributed by atoms with Crippen molar-refractivity contribution in [2.75, 3.05) is 13.7 Å². The fourth-order valence-electron chi connectivity index (χ4n) is 3.22. The van der Waals surface area contributed by atoms with Gasteiger partial charge in [0.15, 0.2) is 6.61 Å². The number of ether oxygens (including phenoxy) is 2. The standard InChI is InChI=1S/C23H26N2O4/c1-15(2)11-19(16-7-5-4-6-8-16)25-22(26)14-29-23(27)21-12-17-9-10-18(28-3)13-20(17)24-21/h4-10,12-13,15,19,24H,11,14H2,1-3H3,(H,25,26). The molecular weight excluding hydrogens is 368 g/mol. The van der Waals surface area contributed by atoms with Gasteiger partial charge in [0.2, 0.25) is 0 Å². The zero-order valence-corrected chi connectivity index (χ0v) is 16.9. The molecule has 0 fully saturated rings. The van der Waals surface area contributed by atoms with Gasteiger partial charge in [-0.25, -0.2) is 4.79 Å². The number of rotatable bonds is 8. The van der Waals surface area contributed by atoms with Crippen LogP contribution in [0.1, 0.15) is 42.4 Å². The molecule has 2 N–H and O–H groups in total. The lowest BCUT2D eigenvalue weighted by atomic mass is 9.97. The van der Waals surface area contributed by atoms with Crippen LogP contribution in [0.5, 0.6) is 5.75 Å². The number of carbonyl (C=O) groups is 2. The van der Waals surface area contributed by atoms with Crippen molar-refractivity contribution in [1.82, 2.24) is 10.3 Å². The van der Waals surface area contributed by atoms with E-state index in [1.165, 1.54) is 0 Å². The fraction of sp³-hybridized carbons (Fsp3) is 0.304. The van der Waals surface area contributed by atoms with Gasteiger partial charge in [-0.2, -0.15) is 0 Å². The van der Waals surface area contributed by atoms with Gasteiger partial charge in [0.25, 0.3) is 5.91 Å². The summed E-state index contributed by atoms with van der Waals surface area (Å²) in [5, 5.41) is 3.83. The van der Waals surface area contributed by atoms with Crippen LogP contribution in [0, 0.1) is 5.92 Å². The maximum absolute atomic E-state index is 12.4. The molecule has 0 aliphatic carbocycles. The summed E-state index contributed by atoms with van der Waals surface area (Å²) in [4.78, 5) is 27.7. The minimum absolute atomic E-state index is 0.122. The average Bonchev–Trinajstić information content (AvgIpc) is 3.15. The van der Waals surface area contributed by atoms with Crippen LogP contribution < -0.4 is 10.1 Å². The monoisotopic (exact) mass is 394 g/mol. The lowest BCUT2D eigenvalue weighted by Gasteiger charge is -2.21. The molecule has 3 rings (SSSR count). The van der Waals surface area contributed by atoms with Gasteiger partial charge >= 0.3 is 5.97 Å². The van der Waals surface area contributed by atoms with Crippen LogP contribution in [-0.4, -0.2) is 30.6 Å². The Morgan fingerprint density at radius 2 is 1.83 bits per heavy atom. The third-order valence-electron chi connectivity index (χ3n) is 4.63. The average molecular weight is 394 g/mol. The summed E-state index contributed by atoms with van der Waals surface area (Å²) in [5.74, 6) is 0.197. The molecule has 2 aromatic carbocycles. The van der Waals surface area contributed by atoms with Gasteiger partial charge in [-0.05, 0) is 36.1 Å². The van der Waals surface area contributed by atoms with E-state index in [2.05, 4.69) is 24.1 Å².